The van der Waals surface area contributed by atoms with E-state index in [1.54, 1.807) is 48.7 Å². The van der Waals surface area contributed by atoms with Crippen molar-refractivity contribution in [3.8, 4) is 0 Å². The Balaban J connectivity index is 0.000000145. The van der Waals surface area contributed by atoms with E-state index in [0.717, 1.165) is 19.2 Å². The molecule has 2 aromatic heterocycles. The lowest BCUT2D eigenvalue weighted by Crippen LogP contribution is -2.15. The highest BCUT2D eigenvalue weighted by Gasteiger charge is 2.05. The van der Waals surface area contributed by atoms with Crippen LogP contribution in [0.3, 0.4) is 0 Å². The summed E-state index contributed by atoms with van der Waals surface area (Å²) >= 11 is 15.5. The van der Waals surface area contributed by atoms with E-state index in [2.05, 4.69) is 119 Å². The van der Waals surface area contributed by atoms with Crippen LogP contribution >= 0.6 is 82.2 Å². The number of hydrogen-bond donors (Lipinski definition) is 0. The highest BCUT2D eigenvalue weighted by Crippen LogP contribution is 2.25. The molecule has 34 heavy (non-hydrogen) atoms. The Bertz CT molecular complexity index is 1230. The maximum Gasteiger partial charge on any atom is 0.166 e. The van der Waals surface area contributed by atoms with Gasteiger partial charge in [-0.25, -0.2) is 0 Å². The number of benzene rings is 3. The molecule has 5 aromatic rings. The van der Waals surface area contributed by atoms with Crippen LogP contribution in [0, 0.1) is 0 Å². The normalized spacial score (nSPS) is 10.6. The van der Waals surface area contributed by atoms with Crippen molar-refractivity contribution in [2.45, 2.75) is 11.2 Å². The zero-order valence-corrected chi connectivity index (χ0v) is 25.7. The lowest BCUT2D eigenvalue weighted by molar-refractivity contribution is -0.0842. The molecule has 8 heteroatoms. The number of thioether (sulfide) groups is 1. The Morgan fingerprint density at radius 3 is 2.09 bits per heavy atom. The van der Waals surface area contributed by atoms with E-state index in [-0.39, 0.29) is 6.29 Å². The summed E-state index contributed by atoms with van der Waals surface area (Å²) in [6.07, 6.45) is -0.140. The van der Waals surface area contributed by atoms with E-state index < -0.39 is 0 Å². The lowest BCUT2D eigenvalue weighted by Gasteiger charge is -2.12. The fraction of sp³-hybridized carbons (Fsp3) is 0.154. The molecule has 0 amide bonds. The topological polar surface area (TPSA) is 18.5 Å². The van der Waals surface area contributed by atoms with Crippen molar-refractivity contribution < 1.29 is 9.47 Å². The third-order valence-corrected chi connectivity index (χ3v) is 8.82. The van der Waals surface area contributed by atoms with Gasteiger partial charge in [-0.2, -0.15) is 0 Å². The van der Waals surface area contributed by atoms with Crippen molar-refractivity contribution in [3.05, 3.63) is 97.0 Å². The number of hydrogen-bond acceptors (Lipinski definition) is 5. The molecule has 0 aliphatic heterocycles. The van der Waals surface area contributed by atoms with E-state index in [1.807, 2.05) is 12.1 Å². The van der Waals surface area contributed by atoms with Gasteiger partial charge in [-0.3, -0.25) is 0 Å². The van der Waals surface area contributed by atoms with Crippen LogP contribution in [0.25, 0.3) is 20.2 Å². The average Bonchev–Trinajstić information content (AvgIpc) is 3.49. The minimum atomic E-state index is -0.140. The third-order valence-electron chi connectivity index (χ3n) is 4.54. The van der Waals surface area contributed by atoms with Gasteiger partial charge in [0, 0.05) is 47.7 Å². The molecule has 5 rings (SSSR count). The predicted octanol–water partition coefficient (Wildman–Crippen LogP) is 10.5. The van der Waals surface area contributed by atoms with E-state index in [1.165, 1.54) is 25.1 Å². The first-order valence-electron chi connectivity index (χ1n) is 10.2. The minimum absolute atomic E-state index is 0.140. The zero-order valence-electron chi connectivity index (χ0n) is 18.5. The van der Waals surface area contributed by atoms with Crippen LogP contribution in [0.2, 0.25) is 0 Å². The summed E-state index contributed by atoms with van der Waals surface area (Å²) in [5, 5.41) is 6.86. The average molecular weight is 703 g/mol. The number of rotatable bonds is 5. The third kappa shape index (κ3) is 9.06. The van der Waals surface area contributed by atoms with Crippen LogP contribution in [-0.4, -0.2) is 26.3 Å². The Hall–Kier alpha value is -0.710. The summed E-state index contributed by atoms with van der Waals surface area (Å²) in [5.74, 6) is 0.795. The molecule has 3 aromatic carbocycles. The predicted molar refractivity (Wildman–Crippen MR) is 162 cm³/mol. The monoisotopic (exact) mass is 700 g/mol. The SMILES string of the molecule is Brc1ccc2ccsc2c1.Brc1ccc2sccc2c1.COC(CSc1cccc(Br)c1)OC. The Labute approximate surface area is 238 Å². The molecule has 0 N–H and O–H groups in total. The van der Waals surface area contributed by atoms with Crippen molar-refractivity contribution in [3.63, 3.8) is 0 Å². The number of methoxy groups -OCH3 is 2. The first-order chi connectivity index (χ1) is 16.5. The molecule has 0 aliphatic carbocycles. The van der Waals surface area contributed by atoms with Crippen LogP contribution < -0.4 is 0 Å². The van der Waals surface area contributed by atoms with Crippen molar-refractivity contribution in [2.24, 2.45) is 0 Å². The summed E-state index contributed by atoms with van der Waals surface area (Å²) in [5.41, 5.74) is 0. The fourth-order valence-corrected chi connectivity index (χ4v) is 6.85. The highest BCUT2D eigenvalue weighted by atomic mass is 79.9. The van der Waals surface area contributed by atoms with Crippen molar-refractivity contribution in [1.82, 2.24) is 0 Å². The molecular weight excluding hydrogens is 680 g/mol. The second kappa shape index (κ2) is 14.8. The van der Waals surface area contributed by atoms with Crippen LogP contribution in [0.1, 0.15) is 0 Å². The Morgan fingerprint density at radius 1 is 0.706 bits per heavy atom. The van der Waals surface area contributed by atoms with Gasteiger partial charge in [0.1, 0.15) is 0 Å². The molecule has 0 saturated carbocycles. The first kappa shape index (κ1) is 27.9. The van der Waals surface area contributed by atoms with Crippen molar-refractivity contribution >= 4 is 102 Å². The van der Waals surface area contributed by atoms with Gasteiger partial charge in [-0.05, 0) is 82.2 Å². The quantitative estimate of drug-likeness (QED) is 0.134. The molecule has 0 atom stereocenters. The molecule has 178 valence electrons. The maximum atomic E-state index is 5.10. The highest BCUT2D eigenvalue weighted by molar-refractivity contribution is 9.11. The molecule has 0 bridgehead atoms. The second-order valence-electron chi connectivity index (χ2n) is 6.87. The Kier molecular flexibility index (Phi) is 12.1. The lowest BCUT2D eigenvalue weighted by atomic mass is 10.3. The second-order valence-corrected chi connectivity index (χ2v) is 12.6. The van der Waals surface area contributed by atoms with E-state index in [0.29, 0.717) is 0 Å². The van der Waals surface area contributed by atoms with Crippen LogP contribution in [0.15, 0.2) is 102 Å². The summed E-state index contributed by atoms with van der Waals surface area (Å²) in [7, 11) is 3.30. The molecule has 0 radical (unpaired) electrons. The van der Waals surface area contributed by atoms with Gasteiger partial charge in [0.2, 0.25) is 0 Å². The number of thiophene rings is 2. The van der Waals surface area contributed by atoms with Gasteiger partial charge < -0.3 is 9.47 Å². The molecule has 0 spiro atoms. The minimum Gasteiger partial charge on any atom is -0.355 e. The van der Waals surface area contributed by atoms with Crippen LogP contribution in [0.4, 0.5) is 0 Å². The van der Waals surface area contributed by atoms with Crippen LogP contribution in [-0.2, 0) is 9.47 Å². The maximum absolute atomic E-state index is 5.10. The number of fused-ring (bicyclic) bond motifs is 2. The summed E-state index contributed by atoms with van der Waals surface area (Å²) < 4.78 is 16.3. The summed E-state index contributed by atoms with van der Waals surface area (Å²) in [6.45, 7) is 0. The number of halogens is 3. The van der Waals surface area contributed by atoms with Gasteiger partial charge in [0.15, 0.2) is 6.29 Å². The van der Waals surface area contributed by atoms with Gasteiger partial charge >= 0.3 is 0 Å². The van der Waals surface area contributed by atoms with E-state index >= 15 is 0 Å². The van der Waals surface area contributed by atoms with Crippen molar-refractivity contribution in [2.75, 3.05) is 20.0 Å². The molecular formula is C26H23Br3O2S3. The summed E-state index contributed by atoms with van der Waals surface area (Å²) in [6, 6.07) is 25.1. The zero-order chi connectivity index (χ0) is 24.3. The molecule has 2 nitrogen and oxygen atoms in total. The van der Waals surface area contributed by atoms with E-state index in [4.69, 9.17) is 9.47 Å². The van der Waals surface area contributed by atoms with Crippen LogP contribution in [0.5, 0.6) is 0 Å². The first-order valence-corrected chi connectivity index (χ1v) is 15.3. The smallest absolute Gasteiger partial charge is 0.166 e. The fourth-order valence-electron chi connectivity index (χ4n) is 2.82. The molecule has 0 saturated heterocycles. The van der Waals surface area contributed by atoms with E-state index in [9.17, 15) is 0 Å². The molecule has 0 aliphatic rings. The van der Waals surface area contributed by atoms with Gasteiger partial charge in [-0.1, -0.05) is 59.9 Å². The standard InChI is InChI=1S/C10H13BrO2S.2C8H5BrS/c1-12-10(13-2)7-14-9-5-3-4-8(11)6-9;9-7-1-2-8-6(5-7)3-4-10-8;9-7-2-1-6-3-4-10-8(6)5-7/h3-6,10H,7H2,1-2H3;2*1-5H. The van der Waals surface area contributed by atoms with Gasteiger partial charge in [-0.15, -0.1) is 34.4 Å². The van der Waals surface area contributed by atoms with Gasteiger partial charge in [0.05, 0.1) is 0 Å². The Morgan fingerprint density at radius 2 is 1.35 bits per heavy atom. The van der Waals surface area contributed by atoms with Crippen molar-refractivity contribution in [1.29, 1.82) is 0 Å². The molecule has 0 fully saturated rings. The summed E-state index contributed by atoms with van der Waals surface area (Å²) in [4.78, 5) is 1.21. The number of ether oxygens (including phenoxy) is 2. The largest absolute Gasteiger partial charge is 0.355 e. The van der Waals surface area contributed by atoms with Gasteiger partial charge in [0.25, 0.3) is 0 Å². The molecule has 2 heterocycles. The molecule has 0 unspecified atom stereocenters.